The molecule has 2 rings (SSSR count). The van der Waals surface area contributed by atoms with E-state index in [9.17, 15) is 5.11 Å². The van der Waals surface area contributed by atoms with Gasteiger partial charge in [-0.15, -0.1) is 0 Å². The number of benzene rings is 2. The summed E-state index contributed by atoms with van der Waals surface area (Å²) in [5, 5.41) is 9.94. The largest absolute Gasteiger partial charge is 0.508 e. The van der Waals surface area contributed by atoms with Gasteiger partial charge in [-0.25, -0.2) is 0 Å². The van der Waals surface area contributed by atoms with Crippen molar-refractivity contribution in [2.24, 2.45) is 0 Å². The van der Waals surface area contributed by atoms with Crippen LogP contribution in [0.2, 0.25) is 0 Å². The van der Waals surface area contributed by atoms with Crippen molar-refractivity contribution in [2.75, 3.05) is 0 Å². The molecule has 0 unspecified atom stereocenters. The first-order chi connectivity index (χ1) is 8.40. The number of aryl methyl sites for hydroxylation is 3. The Hall–Kier alpha value is -1.76. The average molecular weight is 240 g/mol. The highest BCUT2D eigenvalue weighted by Gasteiger charge is 2.07. The molecule has 0 bridgehead atoms. The van der Waals surface area contributed by atoms with Gasteiger partial charge in [0.1, 0.15) is 5.75 Å². The topological polar surface area (TPSA) is 20.2 Å². The molecule has 0 aliphatic carbocycles. The Morgan fingerprint density at radius 1 is 0.611 bits per heavy atom. The summed E-state index contributed by atoms with van der Waals surface area (Å²) in [6.45, 7) is 10.4. The number of aromatic hydroxyl groups is 1. The molecule has 0 amide bonds. The maximum Gasteiger partial charge on any atom is 0.119 e. The molecule has 0 aliphatic heterocycles. The zero-order chi connectivity index (χ0) is 13.4. The van der Waals surface area contributed by atoms with E-state index in [-0.39, 0.29) is 0 Å². The molecule has 0 fully saturated rings. The van der Waals surface area contributed by atoms with E-state index in [1.54, 1.807) is 0 Å². The normalized spacial score (nSPS) is 10.7. The van der Waals surface area contributed by atoms with E-state index in [2.05, 4.69) is 39.0 Å². The van der Waals surface area contributed by atoms with Gasteiger partial charge in [0.05, 0.1) is 0 Å². The molecule has 0 heterocycles. The molecule has 0 aromatic heterocycles. The lowest BCUT2D eigenvalue weighted by Crippen LogP contribution is -1.90. The lowest BCUT2D eigenvalue weighted by Gasteiger charge is -2.12. The van der Waals surface area contributed by atoms with Crippen molar-refractivity contribution in [2.45, 2.75) is 34.6 Å². The maximum absolute atomic E-state index is 9.94. The molecule has 1 N–H and O–H groups in total. The highest BCUT2D eigenvalue weighted by Crippen LogP contribution is 2.30. The van der Waals surface area contributed by atoms with Crippen molar-refractivity contribution < 1.29 is 5.11 Å². The first-order valence-corrected chi connectivity index (χ1v) is 6.28. The number of phenolic OH excluding ortho intramolecular Hbond substituents is 1. The molecule has 0 saturated carbocycles. The summed E-state index contributed by atoms with van der Waals surface area (Å²) in [7, 11) is 0. The number of phenols is 1. The highest BCUT2D eigenvalue weighted by molar-refractivity contribution is 5.69. The van der Waals surface area contributed by atoms with Gasteiger partial charge in [0.25, 0.3) is 0 Å². The molecule has 1 heteroatoms. The van der Waals surface area contributed by atoms with Crippen LogP contribution in [0.1, 0.15) is 27.8 Å². The second-order valence-corrected chi connectivity index (χ2v) is 5.17. The van der Waals surface area contributed by atoms with E-state index in [1.165, 1.54) is 22.3 Å². The summed E-state index contributed by atoms with van der Waals surface area (Å²) >= 11 is 0. The molecule has 0 atom stereocenters. The smallest absolute Gasteiger partial charge is 0.119 e. The summed E-state index contributed by atoms with van der Waals surface area (Å²) in [6.07, 6.45) is 0. The first-order valence-electron chi connectivity index (χ1n) is 6.28. The van der Waals surface area contributed by atoms with Crippen LogP contribution in [0.4, 0.5) is 0 Å². The summed E-state index contributed by atoms with van der Waals surface area (Å²) in [5.41, 5.74) is 8.27. The van der Waals surface area contributed by atoms with E-state index in [0.29, 0.717) is 5.75 Å². The molecule has 0 radical (unpaired) electrons. The van der Waals surface area contributed by atoms with E-state index in [0.717, 1.165) is 16.7 Å². The van der Waals surface area contributed by atoms with Crippen LogP contribution in [0.25, 0.3) is 11.1 Å². The molecular formula is C17H20O. The molecule has 2 aromatic carbocycles. The zero-order valence-electron chi connectivity index (χ0n) is 11.8. The van der Waals surface area contributed by atoms with Gasteiger partial charge in [-0.1, -0.05) is 18.2 Å². The molecular weight excluding hydrogens is 220 g/mol. The predicted octanol–water partition coefficient (Wildman–Crippen LogP) is 4.60. The minimum Gasteiger partial charge on any atom is -0.508 e. The Morgan fingerprint density at radius 3 is 1.44 bits per heavy atom. The average Bonchev–Trinajstić information content (AvgIpc) is 2.31. The van der Waals surface area contributed by atoms with Crippen molar-refractivity contribution in [1.29, 1.82) is 0 Å². The van der Waals surface area contributed by atoms with E-state index < -0.39 is 0 Å². The summed E-state index contributed by atoms with van der Waals surface area (Å²) < 4.78 is 0. The Morgan fingerprint density at radius 2 is 1.00 bits per heavy atom. The number of rotatable bonds is 1. The Labute approximate surface area is 109 Å². The Kier molecular flexibility index (Phi) is 3.16. The quantitative estimate of drug-likeness (QED) is 0.772. The lowest BCUT2D eigenvalue weighted by atomic mass is 9.94. The third-order valence-electron chi connectivity index (χ3n) is 3.90. The van der Waals surface area contributed by atoms with Crippen molar-refractivity contribution in [3.05, 3.63) is 52.1 Å². The SMILES string of the molecule is Cc1cc(-c2cc(C)c(C)c(O)c2)cc(C)c1C. The Bertz CT molecular complexity index is 507. The Balaban J connectivity index is 2.63. The molecule has 2 aromatic rings. The monoisotopic (exact) mass is 240 g/mol. The third-order valence-corrected chi connectivity index (χ3v) is 3.90. The summed E-state index contributed by atoms with van der Waals surface area (Å²) in [5.74, 6) is 0.376. The van der Waals surface area contributed by atoms with E-state index in [1.807, 2.05) is 19.9 Å². The minimum absolute atomic E-state index is 0.376. The van der Waals surface area contributed by atoms with Crippen LogP contribution >= 0.6 is 0 Å². The van der Waals surface area contributed by atoms with Gasteiger partial charge in [0.2, 0.25) is 0 Å². The van der Waals surface area contributed by atoms with Gasteiger partial charge in [0.15, 0.2) is 0 Å². The predicted molar refractivity (Wildman–Crippen MR) is 77.2 cm³/mol. The van der Waals surface area contributed by atoms with Gasteiger partial charge in [0, 0.05) is 0 Å². The molecule has 0 aliphatic rings. The van der Waals surface area contributed by atoms with E-state index in [4.69, 9.17) is 0 Å². The van der Waals surface area contributed by atoms with Gasteiger partial charge in [-0.05, 0) is 79.6 Å². The summed E-state index contributed by atoms with van der Waals surface area (Å²) in [6, 6.07) is 8.36. The van der Waals surface area contributed by atoms with Crippen molar-refractivity contribution in [1.82, 2.24) is 0 Å². The highest BCUT2D eigenvalue weighted by atomic mass is 16.3. The van der Waals surface area contributed by atoms with Crippen LogP contribution in [0.3, 0.4) is 0 Å². The minimum atomic E-state index is 0.376. The van der Waals surface area contributed by atoms with Crippen molar-refractivity contribution in [3.8, 4) is 16.9 Å². The molecule has 0 spiro atoms. The van der Waals surface area contributed by atoms with Gasteiger partial charge in [-0.2, -0.15) is 0 Å². The zero-order valence-corrected chi connectivity index (χ0v) is 11.8. The lowest BCUT2D eigenvalue weighted by molar-refractivity contribution is 0.471. The van der Waals surface area contributed by atoms with Crippen molar-refractivity contribution in [3.63, 3.8) is 0 Å². The van der Waals surface area contributed by atoms with Crippen LogP contribution in [-0.4, -0.2) is 5.11 Å². The van der Waals surface area contributed by atoms with E-state index >= 15 is 0 Å². The maximum atomic E-state index is 9.94. The van der Waals surface area contributed by atoms with Gasteiger partial charge in [-0.3, -0.25) is 0 Å². The second kappa shape index (κ2) is 4.49. The second-order valence-electron chi connectivity index (χ2n) is 5.17. The molecule has 18 heavy (non-hydrogen) atoms. The van der Waals surface area contributed by atoms with Crippen LogP contribution in [0, 0.1) is 34.6 Å². The summed E-state index contributed by atoms with van der Waals surface area (Å²) in [4.78, 5) is 0. The first kappa shape index (κ1) is 12.7. The fraction of sp³-hybridized carbons (Fsp3) is 0.294. The van der Waals surface area contributed by atoms with Crippen LogP contribution in [0.15, 0.2) is 24.3 Å². The standard InChI is InChI=1S/C17H20O/c1-10-6-15(7-11(2)13(10)4)16-8-12(3)14(5)17(18)9-16/h6-9,18H,1-5H3. The third kappa shape index (κ3) is 2.13. The molecule has 94 valence electrons. The fourth-order valence-corrected chi connectivity index (χ4v) is 2.21. The number of hydrogen-bond donors (Lipinski definition) is 1. The molecule has 1 nitrogen and oxygen atoms in total. The van der Waals surface area contributed by atoms with Crippen LogP contribution < -0.4 is 0 Å². The van der Waals surface area contributed by atoms with Gasteiger partial charge >= 0.3 is 0 Å². The fourth-order valence-electron chi connectivity index (χ4n) is 2.21. The van der Waals surface area contributed by atoms with Crippen LogP contribution in [-0.2, 0) is 0 Å². The van der Waals surface area contributed by atoms with Crippen LogP contribution in [0.5, 0.6) is 5.75 Å². The van der Waals surface area contributed by atoms with Crippen molar-refractivity contribution >= 4 is 0 Å². The number of hydrogen-bond acceptors (Lipinski definition) is 1. The van der Waals surface area contributed by atoms with Gasteiger partial charge < -0.3 is 5.11 Å². The molecule has 0 saturated heterocycles.